The van der Waals surface area contributed by atoms with Crippen LogP contribution >= 0.6 is 11.3 Å². The molecule has 0 atom stereocenters. The van der Waals surface area contributed by atoms with Gasteiger partial charge in [-0.2, -0.15) is 0 Å². The summed E-state index contributed by atoms with van der Waals surface area (Å²) in [6.07, 6.45) is 0. The van der Waals surface area contributed by atoms with E-state index in [-0.39, 0.29) is 0 Å². The van der Waals surface area contributed by atoms with Crippen molar-refractivity contribution in [3.05, 3.63) is 16.1 Å². The van der Waals surface area contributed by atoms with Crippen LogP contribution in [0.1, 0.15) is 10.7 Å². The number of aromatic nitrogens is 1. The zero-order valence-electron chi connectivity index (χ0n) is 7.13. The van der Waals surface area contributed by atoms with Crippen LogP contribution in [-0.2, 0) is 6.54 Å². The molecule has 1 aromatic heterocycles. The third kappa shape index (κ3) is 1.83. The van der Waals surface area contributed by atoms with Crippen molar-refractivity contribution in [1.29, 1.82) is 0 Å². The molecular weight excluding hydrogens is 170 g/mol. The van der Waals surface area contributed by atoms with E-state index in [9.17, 15) is 0 Å². The van der Waals surface area contributed by atoms with Gasteiger partial charge in [-0.25, -0.2) is 4.98 Å². The van der Waals surface area contributed by atoms with Gasteiger partial charge in [0.1, 0.15) is 5.01 Å². The first-order chi connectivity index (χ1) is 5.84. The molecule has 1 fully saturated rings. The van der Waals surface area contributed by atoms with Crippen LogP contribution < -0.4 is 10.6 Å². The number of nitrogens with zero attached hydrogens (tertiary/aromatic N) is 1. The molecule has 0 aromatic carbocycles. The van der Waals surface area contributed by atoms with Crippen molar-refractivity contribution in [2.45, 2.75) is 19.5 Å². The predicted molar refractivity (Wildman–Crippen MR) is 50.3 cm³/mol. The van der Waals surface area contributed by atoms with Crippen molar-refractivity contribution in [2.24, 2.45) is 0 Å². The van der Waals surface area contributed by atoms with E-state index >= 15 is 0 Å². The van der Waals surface area contributed by atoms with Gasteiger partial charge in [-0.15, -0.1) is 11.3 Å². The van der Waals surface area contributed by atoms with E-state index in [0.717, 1.165) is 25.3 Å². The van der Waals surface area contributed by atoms with Crippen LogP contribution in [0.15, 0.2) is 5.38 Å². The molecule has 0 aliphatic carbocycles. The summed E-state index contributed by atoms with van der Waals surface area (Å²) in [4.78, 5) is 4.38. The van der Waals surface area contributed by atoms with Gasteiger partial charge in [0.15, 0.2) is 0 Å². The molecule has 1 aliphatic heterocycles. The van der Waals surface area contributed by atoms with Crippen molar-refractivity contribution < 1.29 is 0 Å². The summed E-state index contributed by atoms with van der Waals surface area (Å²) in [6, 6.07) is 0.661. The highest BCUT2D eigenvalue weighted by Gasteiger charge is 2.15. The molecule has 0 unspecified atom stereocenters. The van der Waals surface area contributed by atoms with Crippen LogP contribution in [0, 0.1) is 6.92 Å². The summed E-state index contributed by atoms with van der Waals surface area (Å²) in [5.41, 5.74) is 1.13. The van der Waals surface area contributed by atoms with Crippen molar-refractivity contribution in [3.8, 4) is 0 Å². The lowest BCUT2D eigenvalue weighted by Crippen LogP contribution is -2.54. The Labute approximate surface area is 76.2 Å². The molecule has 0 amide bonds. The van der Waals surface area contributed by atoms with E-state index < -0.39 is 0 Å². The van der Waals surface area contributed by atoms with Gasteiger partial charge in [0.05, 0.1) is 0 Å². The third-order valence-electron chi connectivity index (χ3n) is 1.99. The number of thiazole rings is 1. The zero-order chi connectivity index (χ0) is 8.39. The maximum absolute atomic E-state index is 4.38. The number of rotatable bonds is 3. The average molecular weight is 183 g/mol. The van der Waals surface area contributed by atoms with E-state index in [1.54, 1.807) is 11.3 Å². The maximum atomic E-state index is 4.38. The van der Waals surface area contributed by atoms with Crippen molar-refractivity contribution in [1.82, 2.24) is 15.6 Å². The molecule has 2 rings (SSSR count). The summed E-state index contributed by atoms with van der Waals surface area (Å²) in [7, 11) is 0. The van der Waals surface area contributed by atoms with E-state index in [1.165, 1.54) is 5.01 Å². The zero-order valence-corrected chi connectivity index (χ0v) is 7.95. The van der Waals surface area contributed by atoms with Crippen LogP contribution in [0.2, 0.25) is 0 Å². The Hall–Kier alpha value is -0.450. The molecule has 0 bridgehead atoms. The molecule has 2 N–H and O–H groups in total. The number of nitrogens with one attached hydrogen (secondary N) is 2. The van der Waals surface area contributed by atoms with Crippen molar-refractivity contribution in [2.75, 3.05) is 13.1 Å². The second kappa shape index (κ2) is 3.51. The predicted octanol–water partition coefficient (Wildman–Crippen LogP) is 0.513. The van der Waals surface area contributed by atoms with Gasteiger partial charge in [-0.05, 0) is 6.92 Å². The Morgan fingerprint density at radius 2 is 2.58 bits per heavy atom. The molecule has 4 heteroatoms. The van der Waals surface area contributed by atoms with Crippen molar-refractivity contribution in [3.63, 3.8) is 0 Å². The lowest BCUT2D eigenvalue weighted by Gasteiger charge is -2.27. The van der Waals surface area contributed by atoms with E-state index in [0.29, 0.717) is 6.04 Å². The first-order valence-corrected chi connectivity index (χ1v) is 5.07. The van der Waals surface area contributed by atoms with Crippen LogP contribution in [-0.4, -0.2) is 24.1 Å². The highest BCUT2D eigenvalue weighted by Crippen LogP contribution is 2.08. The fourth-order valence-corrected chi connectivity index (χ4v) is 1.87. The maximum Gasteiger partial charge on any atom is 0.107 e. The summed E-state index contributed by atoms with van der Waals surface area (Å²) < 4.78 is 0. The molecule has 1 aromatic rings. The highest BCUT2D eigenvalue weighted by atomic mass is 32.1. The van der Waals surface area contributed by atoms with Gasteiger partial charge in [0, 0.05) is 36.8 Å². The monoisotopic (exact) mass is 183 g/mol. The Morgan fingerprint density at radius 1 is 1.75 bits per heavy atom. The van der Waals surface area contributed by atoms with Gasteiger partial charge >= 0.3 is 0 Å². The number of aryl methyl sites for hydroxylation is 1. The average Bonchev–Trinajstić information content (AvgIpc) is 2.32. The quantitative estimate of drug-likeness (QED) is 0.717. The SMILES string of the molecule is Cc1csc(CNC2CNC2)n1. The smallest absolute Gasteiger partial charge is 0.107 e. The van der Waals surface area contributed by atoms with Crippen LogP contribution in [0.4, 0.5) is 0 Å². The molecule has 1 saturated heterocycles. The summed E-state index contributed by atoms with van der Waals surface area (Å²) in [6.45, 7) is 5.16. The topological polar surface area (TPSA) is 37.0 Å². The first kappa shape index (κ1) is 8.16. The number of hydrogen-bond donors (Lipinski definition) is 2. The molecule has 2 heterocycles. The Bertz CT molecular complexity index is 255. The highest BCUT2D eigenvalue weighted by molar-refractivity contribution is 7.09. The van der Waals surface area contributed by atoms with Crippen molar-refractivity contribution >= 4 is 11.3 Å². The molecule has 0 saturated carbocycles. The fraction of sp³-hybridized carbons (Fsp3) is 0.625. The molecule has 0 spiro atoms. The molecule has 0 radical (unpaired) electrons. The van der Waals surface area contributed by atoms with Gasteiger partial charge in [-0.1, -0.05) is 0 Å². The first-order valence-electron chi connectivity index (χ1n) is 4.20. The third-order valence-corrected chi connectivity index (χ3v) is 2.96. The lowest BCUT2D eigenvalue weighted by molar-refractivity contribution is 0.365. The number of hydrogen-bond acceptors (Lipinski definition) is 4. The normalized spacial score (nSPS) is 17.8. The summed E-state index contributed by atoms with van der Waals surface area (Å²) >= 11 is 1.73. The molecule has 3 nitrogen and oxygen atoms in total. The van der Waals surface area contributed by atoms with Gasteiger partial charge in [0.25, 0.3) is 0 Å². The van der Waals surface area contributed by atoms with E-state index in [4.69, 9.17) is 0 Å². The Morgan fingerprint density at radius 3 is 3.08 bits per heavy atom. The molecule has 1 aliphatic rings. The van der Waals surface area contributed by atoms with E-state index in [1.807, 2.05) is 6.92 Å². The van der Waals surface area contributed by atoms with Gasteiger partial charge in [0.2, 0.25) is 0 Å². The van der Waals surface area contributed by atoms with Crippen LogP contribution in [0.5, 0.6) is 0 Å². The summed E-state index contributed by atoms with van der Waals surface area (Å²) in [5, 5.41) is 9.94. The molecular formula is C8H13N3S. The van der Waals surface area contributed by atoms with E-state index in [2.05, 4.69) is 21.0 Å². The molecule has 66 valence electrons. The van der Waals surface area contributed by atoms with Gasteiger partial charge < -0.3 is 10.6 Å². The fourth-order valence-electron chi connectivity index (χ4n) is 1.15. The second-order valence-electron chi connectivity index (χ2n) is 3.12. The minimum atomic E-state index is 0.661. The second-order valence-corrected chi connectivity index (χ2v) is 4.06. The lowest BCUT2D eigenvalue weighted by atomic mass is 10.2. The minimum absolute atomic E-state index is 0.661. The van der Waals surface area contributed by atoms with Crippen LogP contribution in [0.25, 0.3) is 0 Å². The Kier molecular flexibility index (Phi) is 2.39. The molecule has 12 heavy (non-hydrogen) atoms. The Balaban J connectivity index is 1.79. The summed E-state index contributed by atoms with van der Waals surface area (Å²) in [5.74, 6) is 0. The minimum Gasteiger partial charge on any atom is -0.314 e. The van der Waals surface area contributed by atoms with Crippen LogP contribution in [0.3, 0.4) is 0 Å². The van der Waals surface area contributed by atoms with Gasteiger partial charge in [-0.3, -0.25) is 0 Å². The largest absolute Gasteiger partial charge is 0.314 e. The standard InChI is InChI=1S/C8H13N3S/c1-6-5-12-8(11-6)4-10-7-2-9-3-7/h5,7,9-10H,2-4H2,1H3.